The Morgan fingerprint density at radius 1 is 1.38 bits per heavy atom. The van der Waals surface area contributed by atoms with Crippen molar-refractivity contribution in [2.45, 2.75) is 32.1 Å². The zero-order chi connectivity index (χ0) is 14.2. The zero-order valence-corrected chi connectivity index (χ0v) is 14.9. The summed E-state index contributed by atoms with van der Waals surface area (Å²) in [6.45, 7) is 4.23. The van der Waals surface area contributed by atoms with Gasteiger partial charge in [-0.05, 0) is 37.3 Å². The lowest BCUT2D eigenvalue weighted by atomic mass is 9.83. The lowest BCUT2D eigenvalue weighted by Gasteiger charge is -2.24. The number of benzene rings is 1. The van der Waals surface area contributed by atoms with Crippen molar-refractivity contribution in [3.8, 4) is 12.3 Å². The molecule has 0 bridgehead atoms. The first-order valence-electron chi connectivity index (χ1n) is 7.38. The number of halogens is 1. The van der Waals surface area contributed by atoms with Gasteiger partial charge >= 0.3 is 0 Å². The highest BCUT2D eigenvalue weighted by atomic mass is 127. The minimum absolute atomic E-state index is 0. The van der Waals surface area contributed by atoms with Gasteiger partial charge in [0.15, 0.2) is 5.96 Å². The predicted octanol–water partition coefficient (Wildman–Crippen LogP) is 2.91. The van der Waals surface area contributed by atoms with E-state index >= 15 is 0 Å². The number of nitrogens with one attached hydrogen (secondary N) is 2. The summed E-state index contributed by atoms with van der Waals surface area (Å²) in [7, 11) is 0. The Hall–Kier alpha value is -1.22. The molecule has 2 rings (SSSR count). The average Bonchev–Trinajstić information content (AvgIpc) is 2.50. The predicted molar refractivity (Wildman–Crippen MR) is 100 cm³/mol. The molecule has 1 aromatic carbocycles. The average molecular weight is 397 g/mol. The Labute approximate surface area is 145 Å². The topological polar surface area (TPSA) is 36.4 Å². The van der Waals surface area contributed by atoms with Crippen LogP contribution in [0, 0.1) is 12.3 Å². The Balaban J connectivity index is 0.00000220. The van der Waals surface area contributed by atoms with Crippen LogP contribution >= 0.6 is 24.0 Å². The lowest BCUT2D eigenvalue weighted by molar-refractivity contribution is 0.559. The Bertz CT molecular complexity index is 505. The van der Waals surface area contributed by atoms with Gasteiger partial charge < -0.3 is 10.6 Å². The maximum atomic E-state index is 5.28. The minimum atomic E-state index is 0. The van der Waals surface area contributed by atoms with Crippen molar-refractivity contribution in [2.24, 2.45) is 4.99 Å². The molecule has 1 aliphatic rings. The number of hydrogen-bond donors (Lipinski definition) is 2. The van der Waals surface area contributed by atoms with Crippen molar-refractivity contribution < 1.29 is 0 Å². The lowest BCUT2D eigenvalue weighted by Crippen LogP contribution is -2.37. The molecule has 0 fully saturated rings. The van der Waals surface area contributed by atoms with E-state index in [1.807, 2.05) is 0 Å². The Morgan fingerprint density at radius 3 is 2.95 bits per heavy atom. The van der Waals surface area contributed by atoms with Crippen LogP contribution in [0.15, 0.2) is 29.3 Å². The summed E-state index contributed by atoms with van der Waals surface area (Å²) in [6, 6.07) is 8.75. The van der Waals surface area contributed by atoms with Crippen molar-refractivity contribution in [3.63, 3.8) is 0 Å². The quantitative estimate of drug-likeness (QED) is 0.355. The van der Waals surface area contributed by atoms with E-state index in [1.165, 1.54) is 30.4 Å². The molecule has 0 saturated carbocycles. The van der Waals surface area contributed by atoms with Gasteiger partial charge in [0.2, 0.25) is 0 Å². The smallest absolute Gasteiger partial charge is 0.192 e. The minimum Gasteiger partial charge on any atom is -0.357 e. The number of aliphatic imine (C=N–C) groups is 1. The molecule has 1 aliphatic carbocycles. The fraction of sp³-hybridized carbons (Fsp3) is 0.471. The van der Waals surface area contributed by atoms with Crippen molar-refractivity contribution in [1.29, 1.82) is 0 Å². The molecule has 0 saturated heterocycles. The first-order chi connectivity index (χ1) is 9.85. The molecule has 1 atom stereocenters. The molecule has 0 radical (unpaired) electrons. The third-order valence-electron chi connectivity index (χ3n) is 3.67. The molecule has 4 heteroatoms. The van der Waals surface area contributed by atoms with E-state index in [1.54, 1.807) is 0 Å². The highest BCUT2D eigenvalue weighted by Gasteiger charge is 2.19. The second kappa shape index (κ2) is 9.67. The summed E-state index contributed by atoms with van der Waals surface area (Å²) in [4.78, 5) is 4.67. The number of nitrogens with zero attached hydrogens (tertiary/aromatic N) is 1. The monoisotopic (exact) mass is 397 g/mol. The van der Waals surface area contributed by atoms with E-state index in [0.717, 1.165) is 19.0 Å². The zero-order valence-electron chi connectivity index (χ0n) is 12.6. The number of hydrogen-bond acceptors (Lipinski definition) is 1. The van der Waals surface area contributed by atoms with E-state index in [4.69, 9.17) is 6.42 Å². The molecule has 0 spiro atoms. The number of guanidine groups is 1. The van der Waals surface area contributed by atoms with Crippen LogP contribution in [0.2, 0.25) is 0 Å². The van der Waals surface area contributed by atoms with Crippen molar-refractivity contribution >= 4 is 29.9 Å². The SMILES string of the molecule is C#CCNC(=NCC1CCCc2ccccc21)NCC.I. The molecule has 2 N–H and O–H groups in total. The molecule has 0 aliphatic heterocycles. The third-order valence-corrected chi connectivity index (χ3v) is 3.67. The first kappa shape index (κ1) is 17.8. The van der Waals surface area contributed by atoms with Crippen molar-refractivity contribution in [3.05, 3.63) is 35.4 Å². The van der Waals surface area contributed by atoms with Crippen LogP contribution in [-0.2, 0) is 6.42 Å². The second-order valence-corrected chi connectivity index (χ2v) is 5.07. The molecular formula is C17H24IN3. The maximum Gasteiger partial charge on any atom is 0.192 e. The van der Waals surface area contributed by atoms with E-state index < -0.39 is 0 Å². The molecule has 114 valence electrons. The number of fused-ring (bicyclic) bond motifs is 1. The molecule has 0 heterocycles. The Morgan fingerprint density at radius 2 is 2.19 bits per heavy atom. The van der Waals surface area contributed by atoms with Crippen LogP contribution in [0.1, 0.15) is 36.8 Å². The van der Waals surface area contributed by atoms with E-state index in [-0.39, 0.29) is 24.0 Å². The molecule has 0 amide bonds. The molecule has 1 unspecified atom stereocenters. The van der Waals surface area contributed by atoms with Crippen LogP contribution in [-0.4, -0.2) is 25.6 Å². The van der Waals surface area contributed by atoms with Crippen LogP contribution in [0.25, 0.3) is 0 Å². The van der Waals surface area contributed by atoms with Gasteiger partial charge in [0.05, 0.1) is 6.54 Å². The summed E-state index contributed by atoms with van der Waals surface area (Å²) in [5.41, 5.74) is 2.95. The largest absolute Gasteiger partial charge is 0.357 e. The molecule has 0 aromatic heterocycles. The van der Waals surface area contributed by atoms with Gasteiger partial charge in [0.1, 0.15) is 0 Å². The van der Waals surface area contributed by atoms with Crippen molar-refractivity contribution in [2.75, 3.05) is 19.6 Å². The van der Waals surface area contributed by atoms with E-state index in [2.05, 4.69) is 52.7 Å². The summed E-state index contributed by atoms with van der Waals surface area (Å²) in [5.74, 6) is 3.92. The third kappa shape index (κ3) is 5.24. The number of rotatable bonds is 4. The fourth-order valence-corrected chi connectivity index (χ4v) is 2.72. The van der Waals surface area contributed by atoms with Gasteiger partial charge in [0.25, 0.3) is 0 Å². The van der Waals surface area contributed by atoms with Gasteiger partial charge in [-0.1, -0.05) is 30.2 Å². The van der Waals surface area contributed by atoms with Gasteiger partial charge in [0, 0.05) is 19.0 Å². The molecule has 1 aromatic rings. The van der Waals surface area contributed by atoms with E-state index in [9.17, 15) is 0 Å². The maximum absolute atomic E-state index is 5.28. The van der Waals surface area contributed by atoms with Gasteiger partial charge in [-0.2, -0.15) is 0 Å². The molecular weight excluding hydrogens is 373 g/mol. The first-order valence-corrected chi connectivity index (χ1v) is 7.38. The summed E-state index contributed by atoms with van der Waals surface area (Å²) >= 11 is 0. The number of terminal acetylenes is 1. The number of aryl methyl sites for hydroxylation is 1. The molecule has 21 heavy (non-hydrogen) atoms. The normalized spacial score (nSPS) is 17.1. The standard InChI is InChI=1S/C17H23N3.HI/c1-3-12-19-17(18-4-2)20-13-15-10-7-9-14-8-5-6-11-16(14)15;/h1,5-6,8,11,15H,4,7,9-10,12-13H2,2H3,(H2,18,19,20);1H. The highest BCUT2D eigenvalue weighted by Crippen LogP contribution is 2.31. The Kier molecular flexibility index (Phi) is 8.21. The summed E-state index contributed by atoms with van der Waals surface area (Å²) in [5, 5.41) is 6.36. The van der Waals surface area contributed by atoms with Crippen LogP contribution in [0.3, 0.4) is 0 Å². The van der Waals surface area contributed by atoms with Gasteiger partial charge in [-0.15, -0.1) is 30.4 Å². The summed E-state index contributed by atoms with van der Waals surface area (Å²) in [6.07, 6.45) is 8.95. The summed E-state index contributed by atoms with van der Waals surface area (Å²) < 4.78 is 0. The van der Waals surface area contributed by atoms with Crippen LogP contribution in [0.4, 0.5) is 0 Å². The van der Waals surface area contributed by atoms with Gasteiger partial charge in [-0.25, -0.2) is 0 Å². The van der Waals surface area contributed by atoms with E-state index in [0.29, 0.717) is 12.5 Å². The fourth-order valence-electron chi connectivity index (χ4n) is 2.72. The van der Waals surface area contributed by atoms with Crippen LogP contribution in [0.5, 0.6) is 0 Å². The van der Waals surface area contributed by atoms with Crippen molar-refractivity contribution in [1.82, 2.24) is 10.6 Å². The van der Waals surface area contributed by atoms with Crippen LogP contribution < -0.4 is 10.6 Å². The molecule has 3 nitrogen and oxygen atoms in total. The second-order valence-electron chi connectivity index (χ2n) is 5.07. The highest BCUT2D eigenvalue weighted by molar-refractivity contribution is 14.0. The van der Waals surface area contributed by atoms with Gasteiger partial charge in [-0.3, -0.25) is 4.99 Å².